The molecular weight excluding hydrogens is 368 g/mol. The first-order chi connectivity index (χ1) is 12.8. The van der Waals surface area contributed by atoms with E-state index >= 15 is 0 Å². The highest BCUT2D eigenvalue weighted by molar-refractivity contribution is 7.89. The molecule has 0 aliphatic carbocycles. The van der Waals surface area contributed by atoms with E-state index in [2.05, 4.69) is 29.1 Å². The Morgan fingerprint density at radius 2 is 1.74 bits per heavy atom. The molecular formula is C18H38N4O4S. The molecule has 0 aromatic heterocycles. The van der Waals surface area contributed by atoms with E-state index in [1.54, 1.807) is 11.4 Å². The Kier molecular flexibility index (Phi) is 11.2. The number of nitrogens with zero attached hydrogens (tertiary/aromatic N) is 3. The third-order valence-electron chi connectivity index (χ3n) is 4.30. The van der Waals surface area contributed by atoms with Gasteiger partial charge in [-0.25, -0.2) is 8.42 Å². The maximum atomic E-state index is 12.4. The van der Waals surface area contributed by atoms with Crippen LogP contribution < -0.4 is 5.32 Å². The topological polar surface area (TPSA) is 83.5 Å². The zero-order valence-corrected chi connectivity index (χ0v) is 18.4. The van der Waals surface area contributed by atoms with E-state index in [0.29, 0.717) is 45.2 Å². The predicted molar refractivity (Wildman–Crippen MR) is 110 cm³/mol. The lowest BCUT2D eigenvalue weighted by atomic mass is 10.1. The number of nitrogens with one attached hydrogen (secondary N) is 1. The van der Waals surface area contributed by atoms with Crippen molar-refractivity contribution < 1.29 is 17.9 Å². The molecule has 8 nitrogen and oxygen atoms in total. The smallest absolute Gasteiger partial charge is 0.216 e. The van der Waals surface area contributed by atoms with Crippen molar-refractivity contribution in [1.82, 2.24) is 14.5 Å². The van der Waals surface area contributed by atoms with Crippen molar-refractivity contribution in [2.45, 2.75) is 40.2 Å². The largest absolute Gasteiger partial charge is 0.380 e. The van der Waals surface area contributed by atoms with Gasteiger partial charge in [0.2, 0.25) is 10.0 Å². The van der Waals surface area contributed by atoms with Crippen LogP contribution in [0.3, 0.4) is 0 Å². The van der Waals surface area contributed by atoms with Crippen LogP contribution in [0.4, 0.5) is 0 Å². The van der Waals surface area contributed by atoms with Gasteiger partial charge in [0.15, 0.2) is 5.96 Å². The van der Waals surface area contributed by atoms with Gasteiger partial charge in [0.1, 0.15) is 0 Å². The van der Waals surface area contributed by atoms with Gasteiger partial charge < -0.3 is 19.7 Å². The normalized spacial score (nSPS) is 17.1. The highest BCUT2D eigenvalue weighted by Crippen LogP contribution is 2.09. The summed E-state index contributed by atoms with van der Waals surface area (Å²) in [5.74, 6) is 1.48. The molecule has 27 heavy (non-hydrogen) atoms. The Bertz CT molecular complexity index is 529. The number of sulfonamides is 1. The number of guanidine groups is 1. The minimum atomic E-state index is -3.27. The summed E-state index contributed by atoms with van der Waals surface area (Å²) >= 11 is 0. The Morgan fingerprint density at radius 1 is 1.07 bits per heavy atom. The fourth-order valence-corrected chi connectivity index (χ4v) is 3.97. The molecule has 9 heteroatoms. The van der Waals surface area contributed by atoms with E-state index in [9.17, 15) is 8.42 Å². The molecule has 1 aliphatic rings. The van der Waals surface area contributed by atoms with Gasteiger partial charge in [-0.1, -0.05) is 13.8 Å². The molecule has 1 N–H and O–H groups in total. The molecule has 0 aromatic carbocycles. The lowest BCUT2D eigenvalue weighted by Crippen LogP contribution is -2.54. The van der Waals surface area contributed by atoms with E-state index in [-0.39, 0.29) is 18.5 Å². The van der Waals surface area contributed by atoms with Crippen molar-refractivity contribution in [3.05, 3.63) is 0 Å². The van der Waals surface area contributed by atoms with Crippen LogP contribution in [0.2, 0.25) is 0 Å². The Morgan fingerprint density at radius 3 is 2.30 bits per heavy atom. The van der Waals surface area contributed by atoms with Crippen molar-refractivity contribution in [2.24, 2.45) is 10.9 Å². The van der Waals surface area contributed by atoms with E-state index in [0.717, 1.165) is 19.0 Å². The van der Waals surface area contributed by atoms with Crippen LogP contribution in [0.5, 0.6) is 0 Å². The van der Waals surface area contributed by atoms with Gasteiger partial charge >= 0.3 is 0 Å². The van der Waals surface area contributed by atoms with Gasteiger partial charge in [-0.15, -0.1) is 0 Å². The predicted octanol–water partition coefficient (Wildman–Crippen LogP) is 0.997. The summed E-state index contributed by atoms with van der Waals surface area (Å²) in [6, 6.07) is 0. The first-order valence-electron chi connectivity index (χ1n) is 9.89. The van der Waals surface area contributed by atoms with E-state index in [4.69, 9.17) is 9.47 Å². The van der Waals surface area contributed by atoms with Crippen LogP contribution in [0, 0.1) is 5.92 Å². The fraction of sp³-hybridized carbons (Fsp3) is 0.944. The maximum absolute atomic E-state index is 12.4. The summed E-state index contributed by atoms with van der Waals surface area (Å²) in [5.41, 5.74) is 0. The summed E-state index contributed by atoms with van der Waals surface area (Å²) < 4.78 is 37.3. The molecule has 0 unspecified atom stereocenters. The number of rotatable bonds is 11. The third kappa shape index (κ3) is 9.73. The van der Waals surface area contributed by atoms with Gasteiger partial charge in [-0.2, -0.15) is 4.31 Å². The van der Waals surface area contributed by atoms with E-state index < -0.39 is 10.0 Å². The van der Waals surface area contributed by atoms with Gasteiger partial charge in [0.05, 0.1) is 25.1 Å². The van der Waals surface area contributed by atoms with Crippen LogP contribution in [0.15, 0.2) is 4.99 Å². The molecule has 1 fully saturated rings. The quantitative estimate of drug-likeness (QED) is 0.313. The Hall–Kier alpha value is -0.900. The number of ether oxygens (including phenoxy) is 2. The van der Waals surface area contributed by atoms with Gasteiger partial charge in [0.25, 0.3) is 0 Å². The molecule has 1 rings (SSSR count). The molecule has 0 radical (unpaired) electrons. The number of hydrogen-bond acceptors (Lipinski definition) is 5. The van der Waals surface area contributed by atoms with Gasteiger partial charge in [-0.05, 0) is 26.2 Å². The third-order valence-corrected chi connectivity index (χ3v) is 6.14. The molecule has 0 aromatic rings. The molecule has 1 aliphatic heterocycles. The number of piperazine rings is 1. The van der Waals surface area contributed by atoms with Crippen molar-refractivity contribution in [1.29, 1.82) is 0 Å². The Labute approximate surface area is 165 Å². The van der Waals surface area contributed by atoms with Crippen LogP contribution in [-0.4, -0.2) is 95.0 Å². The SMILES string of the molecule is CN=C(NCCOCCC(C)C)N1CCN(S(=O)(=O)CCOC(C)C)CC1. The molecule has 160 valence electrons. The first-order valence-corrected chi connectivity index (χ1v) is 11.5. The van der Waals surface area contributed by atoms with Crippen LogP contribution in [0.25, 0.3) is 0 Å². The highest BCUT2D eigenvalue weighted by atomic mass is 32.2. The number of hydrogen-bond donors (Lipinski definition) is 1. The monoisotopic (exact) mass is 406 g/mol. The van der Waals surface area contributed by atoms with Crippen LogP contribution in [0.1, 0.15) is 34.1 Å². The first kappa shape index (κ1) is 24.1. The lowest BCUT2D eigenvalue weighted by molar-refractivity contribution is 0.0904. The van der Waals surface area contributed by atoms with Crippen LogP contribution in [-0.2, 0) is 19.5 Å². The summed E-state index contributed by atoms with van der Waals surface area (Å²) in [4.78, 5) is 6.39. The number of aliphatic imine (C=N–C) groups is 1. The van der Waals surface area contributed by atoms with Gasteiger partial charge in [0, 0.05) is 46.4 Å². The standard InChI is InChI=1S/C18H38N4O4S/c1-16(2)6-12-25-13-7-20-18(19-5)21-8-10-22(11-9-21)27(23,24)15-14-26-17(3)4/h16-17H,6-15H2,1-5H3,(H,19,20). The van der Waals surface area contributed by atoms with Gasteiger partial charge in [-0.3, -0.25) is 4.99 Å². The average molecular weight is 407 g/mol. The summed E-state index contributed by atoms with van der Waals surface area (Å²) in [7, 11) is -1.52. The maximum Gasteiger partial charge on any atom is 0.216 e. The highest BCUT2D eigenvalue weighted by Gasteiger charge is 2.27. The average Bonchev–Trinajstić information content (AvgIpc) is 2.60. The molecule has 1 heterocycles. The minimum Gasteiger partial charge on any atom is -0.380 e. The summed E-state index contributed by atoms with van der Waals surface area (Å²) in [6.07, 6.45) is 1.11. The fourth-order valence-electron chi connectivity index (χ4n) is 2.68. The summed E-state index contributed by atoms with van der Waals surface area (Å²) in [5, 5.41) is 3.29. The van der Waals surface area contributed by atoms with Crippen molar-refractivity contribution in [3.8, 4) is 0 Å². The molecule has 0 spiro atoms. The zero-order chi connectivity index (χ0) is 20.3. The second kappa shape index (κ2) is 12.5. The molecule has 0 amide bonds. The zero-order valence-electron chi connectivity index (χ0n) is 17.6. The van der Waals surface area contributed by atoms with Crippen molar-refractivity contribution in [3.63, 3.8) is 0 Å². The van der Waals surface area contributed by atoms with E-state index in [1.165, 1.54) is 0 Å². The molecule has 0 saturated carbocycles. The lowest BCUT2D eigenvalue weighted by Gasteiger charge is -2.35. The van der Waals surface area contributed by atoms with Crippen molar-refractivity contribution >= 4 is 16.0 Å². The molecule has 0 bridgehead atoms. The van der Waals surface area contributed by atoms with Crippen LogP contribution >= 0.6 is 0 Å². The second-order valence-electron chi connectivity index (χ2n) is 7.39. The second-order valence-corrected chi connectivity index (χ2v) is 9.48. The molecule has 0 atom stereocenters. The Balaban J connectivity index is 2.32. The van der Waals surface area contributed by atoms with E-state index in [1.807, 2.05) is 13.8 Å². The van der Waals surface area contributed by atoms with Crippen molar-refractivity contribution in [2.75, 3.05) is 65.3 Å². The minimum absolute atomic E-state index is 0.0336. The summed E-state index contributed by atoms with van der Waals surface area (Å²) in [6.45, 7) is 12.7. The molecule has 1 saturated heterocycles.